The van der Waals surface area contributed by atoms with Gasteiger partial charge in [-0.15, -0.1) is 0 Å². The van der Waals surface area contributed by atoms with E-state index in [1.807, 2.05) is 39.0 Å². The number of aromatic amines is 1. The molecule has 0 saturated carbocycles. The van der Waals surface area contributed by atoms with Crippen LogP contribution in [0.3, 0.4) is 0 Å². The number of halogens is 1. The Hall–Kier alpha value is -2.60. The number of nitrogens with one attached hydrogen (secondary N) is 2. The molecule has 0 spiro atoms. The van der Waals surface area contributed by atoms with Crippen LogP contribution in [0, 0.1) is 0 Å². The van der Waals surface area contributed by atoms with Crippen molar-refractivity contribution in [3.63, 3.8) is 0 Å². The second-order valence-electron chi connectivity index (χ2n) is 6.31. The number of anilines is 1. The van der Waals surface area contributed by atoms with E-state index in [9.17, 15) is 4.79 Å². The Kier molecular flexibility index (Phi) is 4.15. The minimum absolute atomic E-state index is 0.408. The topological polar surface area (TPSA) is 79.9 Å². The number of nitrogens with zero attached hydrogens (tertiary/aromatic N) is 2. The molecule has 1 amide bonds. The quantitative estimate of drug-likeness (QED) is 0.664. The molecule has 2 aromatic heterocycles. The van der Waals surface area contributed by atoms with Gasteiger partial charge in [-0.2, -0.15) is 0 Å². The molecule has 0 fully saturated rings. The lowest BCUT2D eigenvalue weighted by Crippen LogP contribution is -2.27. The summed E-state index contributed by atoms with van der Waals surface area (Å²) in [5.41, 5.74) is 2.62. The van der Waals surface area contributed by atoms with Gasteiger partial charge in [0.15, 0.2) is 0 Å². The maximum Gasteiger partial charge on any atom is 0.412 e. The Balaban J connectivity index is 1.78. The van der Waals surface area contributed by atoms with Crippen LogP contribution in [0.1, 0.15) is 20.8 Å². The van der Waals surface area contributed by atoms with E-state index in [1.165, 1.54) is 6.33 Å². The summed E-state index contributed by atoms with van der Waals surface area (Å²) in [5, 5.41) is 3.87. The molecule has 0 bridgehead atoms. The minimum Gasteiger partial charge on any atom is -0.444 e. The number of H-pyrrole nitrogens is 1. The van der Waals surface area contributed by atoms with Crippen molar-refractivity contribution >= 4 is 34.4 Å². The zero-order valence-corrected chi connectivity index (χ0v) is 14.3. The molecule has 124 valence electrons. The Morgan fingerprint density at radius 1 is 1.21 bits per heavy atom. The van der Waals surface area contributed by atoms with Crippen molar-refractivity contribution in [3.05, 3.63) is 41.8 Å². The first-order valence-electron chi connectivity index (χ1n) is 7.41. The predicted molar refractivity (Wildman–Crippen MR) is 94.2 cm³/mol. The van der Waals surface area contributed by atoms with Crippen LogP contribution < -0.4 is 5.32 Å². The average Bonchev–Trinajstić information content (AvgIpc) is 2.91. The summed E-state index contributed by atoms with van der Waals surface area (Å²) in [6, 6.07) is 9.28. The fourth-order valence-electron chi connectivity index (χ4n) is 2.22. The van der Waals surface area contributed by atoms with E-state index in [1.54, 1.807) is 12.1 Å². The number of benzene rings is 1. The fourth-order valence-corrected chi connectivity index (χ4v) is 2.41. The van der Waals surface area contributed by atoms with Gasteiger partial charge in [0, 0.05) is 11.4 Å². The molecule has 0 aliphatic carbocycles. The molecular weight excluding hydrogens is 328 g/mol. The van der Waals surface area contributed by atoms with Crippen LogP contribution >= 0.6 is 11.6 Å². The van der Waals surface area contributed by atoms with Gasteiger partial charge in [-0.3, -0.25) is 5.32 Å². The molecule has 0 saturated heterocycles. The van der Waals surface area contributed by atoms with Crippen molar-refractivity contribution in [3.8, 4) is 11.3 Å². The van der Waals surface area contributed by atoms with E-state index in [2.05, 4.69) is 20.3 Å². The predicted octanol–water partition coefficient (Wildman–Crippen LogP) is 4.63. The Labute approximate surface area is 144 Å². The van der Waals surface area contributed by atoms with E-state index >= 15 is 0 Å². The highest BCUT2D eigenvalue weighted by Gasteiger charge is 2.16. The number of aromatic nitrogens is 3. The van der Waals surface area contributed by atoms with E-state index in [0.29, 0.717) is 16.5 Å². The molecule has 0 unspecified atom stereocenters. The molecule has 0 aliphatic rings. The smallest absolute Gasteiger partial charge is 0.412 e. The number of amides is 1. The second kappa shape index (κ2) is 6.13. The molecular formula is C17H17ClN4O2. The van der Waals surface area contributed by atoms with Gasteiger partial charge in [-0.1, -0.05) is 23.7 Å². The summed E-state index contributed by atoms with van der Waals surface area (Å²) in [6.45, 7) is 5.46. The average molecular weight is 345 g/mol. The summed E-state index contributed by atoms with van der Waals surface area (Å²) >= 11 is 6.06. The fraction of sp³-hybridized carbons (Fsp3) is 0.235. The molecule has 24 heavy (non-hydrogen) atoms. The second-order valence-corrected chi connectivity index (χ2v) is 6.67. The van der Waals surface area contributed by atoms with Crippen LogP contribution in [-0.4, -0.2) is 26.6 Å². The summed E-state index contributed by atoms with van der Waals surface area (Å²) < 4.78 is 5.22. The van der Waals surface area contributed by atoms with Crippen molar-refractivity contribution in [1.82, 2.24) is 15.0 Å². The van der Waals surface area contributed by atoms with Crippen molar-refractivity contribution in [2.75, 3.05) is 5.32 Å². The Morgan fingerprint density at radius 3 is 2.54 bits per heavy atom. The zero-order valence-electron chi connectivity index (χ0n) is 13.6. The van der Waals surface area contributed by atoms with Crippen molar-refractivity contribution in [1.29, 1.82) is 0 Å². The molecule has 0 aliphatic heterocycles. The summed E-state index contributed by atoms with van der Waals surface area (Å²) in [5.74, 6) is 0. The number of fused-ring (bicyclic) bond motifs is 1. The van der Waals surface area contributed by atoms with Gasteiger partial charge >= 0.3 is 6.09 Å². The monoisotopic (exact) mass is 344 g/mol. The van der Waals surface area contributed by atoms with E-state index in [0.717, 1.165) is 16.6 Å². The molecule has 0 radical (unpaired) electrons. The van der Waals surface area contributed by atoms with Crippen LogP contribution in [0.2, 0.25) is 5.15 Å². The van der Waals surface area contributed by atoms with Crippen molar-refractivity contribution in [2.24, 2.45) is 0 Å². The maximum atomic E-state index is 11.8. The molecule has 6 nitrogen and oxygen atoms in total. The third-order valence-electron chi connectivity index (χ3n) is 3.22. The number of rotatable bonds is 2. The van der Waals surface area contributed by atoms with Gasteiger partial charge in [0.05, 0.1) is 5.39 Å². The first-order valence-corrected chi connectivity index (χ1v) is 7.79. The van der Waals surface area contributed by atoms with Gasteiger partial charge in [0.1, 0.15) is 22.7 Å². The standard InChI is InChI=1S/C17H17ClN4O2/c1-17(2,3)24-16(23)21-11-6-4-10(5-7-11)13-8-12-14(18)19-9-20-15(12)22-13/h4-9H,1-3H3,(H,21,23)(H,19,20,22). The van der Waals surface area contributed by atoms with E-state index in [-0.39, 0.29) is 0 Å². The van der Waals surface area contributed by atoms with Gasteiger partial charge in [0.2, 0.25) is 0 Å². The normalized spacial score (nSPS) is 11.5. The van der Waals surface area contributed by atoms with Crippen LogP contribution in [0.15, 0.2) is 36.7 Å². The lowest BCUT2D eigenvalue weighted by Gasteiger charge is -2.19. The summed E-state index contributed by atoms with van der Waals surface area (Å²) in [4.78, 5) is 23.1. The molecule has 3 aromatic rings. The number of carbonyl (C=O) groups is 1. The molecule has 2 N–H and O–H groups in total. The van der Waals surface area contributed by atoms with Crippen LogP contribution in [0.5, 0.6) is 0 Å². The largest absolute Gasteiger partial charge is 0.444 e. The van der Waals surface area contributed by atoms with E-state index in [4.69, 9.17) is 16.3 Å². The van der Waals surface area contributed by atoms with Crippen LogP contribution in [0.25, 0.3) is 22.3 Å². The summed E-state index contributed by atoms with van der Waals surface area (Å²) in [6.07, 6.45) is 0.932. The zero-order chi connectivity index (χ0) is 17.3. The van der Waals surface area contributed by atoms with Gasteiger partial charge in [-0.25, -0.2) is 14.8 Å². The lowest BCUT2D eigenvalue weighted by atomic mass is 10.1. The highest BCUT2D eigenvalue weighted by Crippen LogP contribution is 2.27. The summed E-state index contributed by atoms with van der Waals surface area (Å²) in [7, 11) is 0. The van der Waals surface area contributed by atoms with E-state index < -0.39 is 11.7 Å². The molecule has 2 heterocycles. The van der Waals surface area contributed by atoms with Crippen LogP contribution in [-0.2, 0) is 4.74 Å². The SMILES string of the molecule is CC(C)(C)OC(=O)Nc1ccc(-c2cc3c(Cl)ncnc3[nH]2)cc1. The van der Waals surface area contributed by atoms with Gasteiger partial charge in [0.25, 0.3) is 0 Å². The molecule has 0 atom stereocenters. The van der Waals surface area contributed by atoms with Crippen molar-refractivity contribution < 1.29 is 9.53 Å². The Bertz CT molecular complexity index is 882. The number of carbonyl (C=O) groups excluding carboxylic acids is 1. The number of hydrogen-bond acceptors (Lipinski definition) is 4. The van der Waals surface area contributed by atoms with Crippen LogP contribution in [0.4, 0.5) is 10.5 Å². The lowest BCUT2D eigenvalue weighted by molar-refractivity contribution is 0.0636. The maximum absolute atomic E-state index is 11.8. The molecule has 3 rings (SSSR count). The minimum atomic E-state index is -0.533. The Morgan fingerprint density at radius 2 is 1.92 bits per heavy atom. The highest BCUT2D eigenvalue weighted by molar-refractivity contribution is 6.34. The van der Waals surface area contributed by atoms with Gasteiger partial charge in [-0.05, 0) is 44.5 Å². The van der Waals surface area contributed by atoms with Crippen molar-refractivity contribution in [2.45, 2.75) is 26.4 Å². The molecule has 1 aromatic carbocycles. The third-order valence-corrected chi connectivity index (χ3v) is 3.52. The first kappa shape index (κ1) is 16.3. The first-order chi connectivity index (χ1) is 11.3. The number of ether oxygens (including phenoxy) is 1. The van der Waals surface area contributed by atoms with Gasteiger partial charge < -0.3 is 9.72 Å². The highest BCUT2D eigenvalue weighted by atomic mass is 35.5. The third kappa shape index (κ3) is 3.65. The molecule has 7 heteroatoms. The number of hydrogen-bond donors (Lipinski definition) is 2.